The third-order valence-electron chi connectivity index (χ3n) is 5.29. The summed E-state index contributed by atoms with van der Waals surface area (Å²) in [5.41, 5.74) is 5.08. The standard InChI is InChI=1S/C21H26N2O2S2/c1-14-12-15(2)17(4)20(16(14)3)27-13-19(24)22-7-9-23(10-8-22)21(25)18-6-5-11-26-18/h5-6,11-12H,7-10,13H2,1-4H3. The Hall–Kier alpha value is -1.79. The van der Waals surface area contributed by atoms with Crippen LogP contribution in [0, 0.1) is 27.7 Å². The summed E-state index contributed by atoms with van der Waals surface area (Å²) in [5, 5.41) is 1.92. The molecule has 2 heterocycles. The molecule has 144 valence electrons. The summed E-state index contributed by atoms with van der Waals surface area (Å²) in [5.74, 6) is 0.679. The predicted molar refractivity (Wildman–Crippen MR) is 113 cm³/mol. The second-order valence-electron chi connectivity index (χ2n) is 7.03. The summed E-state index contributed by atoms with van der Waals surface area (Å²) in [4.78, 5) is 30.8. The van der Waals surface area contributed by atoms with E-state index in [9.17, 15) is 9.59 Å². The normalized spacial score (nSPS) is 14.5. The first-order chi connectivity index (χ1) is 12.9. The summed E-state index contributed by atoms with van der Waals surface area (Å²) in [6.45, 7) is 10.9. The van der Waals surface area contributed by atoms with Crippen LogP contribution in [0.4, 0.5) is 0 Å². The van der Waals surface area contributed by atoms with Crippen molar-refractivity contribution in [1.29, 1.82) is 0 Å². The van der Waals surface area contributed by atoms with Gasteiger partial charge in [-0.05, 0) is 61.4 Å². The SMILES string of the molecule is Cc1cc(C)c(C)c(SCC(=O)N2CCN(C(=O)c3cccs3)CC2)c1C. The Bertz CT molecular complexity index is 812. The minimum absolute atomic E-state index is 0.0768. The molecule has 27 heavy (non-hydrogen) atoms. The highest BCUT2D eigenvalue weighted by Gasteiger charge is 2.25. The maximum absolute atomic E-state index is 12.7. The van der Waals surface area contributed by atoms with E-state index in [-0.39, 0.29) is 11.8 Å². The zero-order valence-corrected chi connectivity index (χ0v) is 18.0. The van der Waals surface area contributed by atoms with E-state index in [0.29, 0.717) is 31.9 Å². The van der Waals surface area contributed by atoms with Crippen molar-refractivity contribution in [2.45, 2.75) is 32.6 Å². The number of nitrogens with zero attached hydrogens (tertiary/aromatic N) is 2. The van der Waals surface area contributed by atoms with Crippen molar-refractivity contribution >= 4 is 34.9 Å². The van der Waals surface area contributed by atoms with E-state index in [4.69, 9.17) is 0 Å². The van der Waals surface area contributed by atoms with Crippen LogP contribution in [0.25, 0.3) is 0 Å². The molecule has 1 aromatic carbocycles. The van der Waals surface area contributed by atoms with Crippen LogP contribution in [-0.2, 0) is 4.79 Å². The molecule has 2 amide bonds. The molecule has 0 atom stereocenters. The fraction of sp³-hybridized carbons (Fsp3) is 0.429. The van der Waals surface area contributed by atoms with Gasteiger partial charge in [0.05, 0.1) is 10.6 Å². The number of benzene rings is 1. The Morgan fingerprint density at radius 2 is 1.59 bits per heavy atom. The zero-order valence-electron chi connectivity index (χ0n) is 16.4. The Balaban J connectivity index is 1.56. The molecule has 1 aliphatic heterocycles. The third-order valence-corrected chi connectivity index (χ3v) is 7.44. The van der Waals surface area contributed by atoms with Gasteiger partial charge < -0.3 is 9.80 Å². The van der Waals surface area contributed by atoms with E-state index in [1.807, 2.05) is 27.3 Å². The molecule has 6 heteroatoms. The van der Waals surface area contributed by atoms with Crippen LogP contribution in [0.15, 0.2) is 28.5 Å². The molecule has 3 rings (SSSR count). The fourth-order valence-electron chi connectivity index (χ4n) is 3.34. The summed E-state index contributed by atoms with van der Waals surface area (Å²) >= 11 is 3.11. The van der Waals surface area contributed by atoms with E-state index in [2.05, 4.69) is 33.8 Å². The topological polar surface area (TPSA) is 40.6 Å². The first-order valence-corrected chi connectivity index (χ1v) is 11.1. The first kappa shape index (κ1) is 20.0. The average molecular weight is 403 g/mol. The van der Waals surface area contributed by atoms with Gasteiger partial charge in [0.25, 0.3) is 5.91 Å². The van der Waals surface area contributed by atoms with Crippen molar-refractivity contribution in [3.63, 3.8) is 0 Å². The smallest absolute Gasteiger partial charge is 0.264 e. The molecule has 1 fully saturated rings. The van der Waals surface area contributed by atoms with Crippen molar-refractivity contribution in [2.75, 3.05) is 31.9 Å². The minimum atomic E-state index is 0.0768. The average Bonchev–Trinajstić information content (AvgIpc) is 3.20. The number of carbonyl (C=O) groups excluding carboxylic acids is 2. The number of piperazine rings is 1. The number of rotatable bonds is 4. The maximum Gasteiger partial charge on any atom is 0.264 e. The molecule has 1 aliphatic rings. The van der Waals surface area contributed by atoms with E-state index in [0.717, 1.165) is 4.88 Å². The number of thiophene rings is 1. The van der Waals surface area contributed by atoms with Gasteiger partial charge in [0.2, 0.25) is 5.91 Å². The van der Waals surface area contributed by atoms with Gasteiger partial charge in [0, 0.05) is 31.1 Å². The molecular formula is C21H26N2O2S2. The Kier molecular flexibility index (Phi) is 6.27. The molecule has 0 saturated carbocycles. The van der Waals surface area contributed by atoms with Crippen LogP contribution >= 0.6 is 23.1 Å². The van der Waals surface area contributed by atoms with Crippen LogP contribution in [0.2, 0.25) is 0 Å². The molecule has 0 bridgehead atoms. The number of thioether (sulfide) groups is 1. The highest BCUT2D eigenvalue weighted by atomic mass is 32.2. The minimum Gasteiger partial charge on any atom is -0.338 e. The lowest BCUT2D eigenvalue weighted by Gasteiger charge is -2.34. The molecule has 0 aliphatic carbocycles. The molecule has 0 radical (unpaired) electrons. The summed E-state index contributed by atoms with van der Waals surface area (Å²) in [6, 6.07) is 5.96. The molecular weight excluding hydrogens is 376 g/mol. The summed E-state index contributed by atoms with van der Waals surface area (Å²) in [7, 11) is 0. The van der Waals surface area contributed by atoms with Crippen molar-refractivity contribution < 1.29 is 9.59 Å². The van der Waals surface area contributed by atoms with Gasteiger partial charge in [-0.3, -0.25) is 9.59 Å². The van der Waals surface area contributed by atoms with Crippen LogP contribution in [0.5, 0.6) is 0 Å². The third kappa shape index (κ3) is 4.38. The van der Waals surface area contributed by atoms with E-state index < -0.39 is 0 Å². The van der Waals surface area contributed by atoms with E-state index in [1.165, 1.54) is 38.5 Å². The van der Waals surface area contributed by atoms with E-state index >= 15 is 0 Å². The summed E-state index contributed by atoms with van der Waals surface area (Å²) in [6.07, 6.45) is 0. The quantitative estimate of drug-likeness (QED) is 0.724. The summed E-state index contributed by atoms with van der Waals surface area (Å²) < 4.78 is 0. The second kappa shape index (κ2) is 8.48. The number of hydrogen-bond donors (Lipinski definition) is 0. The lowest BCUT2D eigenvalue weighted by molar-refractivity contribution is -0.129. The van der Waals surface area contributed by atoms with Crippen molar-refractivity contribution in [1.82, 2.24) is 9.80 Å². The van der Waals surface area contributed by atoms with Crippen LogP contribution < -0.4 is 0 Å². The zero-order chi connectivity index (χ0) is 19.6. The largest absolute Gasteiger partial charge is 0.338 e. The number of aryl methyl sites for hydroxylation is 2. The first-order valence-electron chi connectivity index (χ1n) is 9.19. The molecule has 1 aromatic heterocycles. The number of carbonyl (C=O) groups is 2. The molecule has 0 unspecified atom stereocenters. The van der Waals surface area contributed by atoms with Crippen molar-refractivity contribution in [3.05, 3.63) is 50.7 Å². The lowest BCUT2D eigenvalue weighted by atomic mass is 10.0. The molecule has 4 nitrogen and oxygen atoms in total. The monoisotopic (exact) mass is 402 g/mol. The van der Waals surface area contributed by atoms with Gasteiger partial charge in [-0.25, -0.2) is 0 Å². The van der Waals surface area contributed by atoms with Gasteiger partial charge in [0.15, 0.2) is 0 Å². The maximum atomic E-state index is 12.7. The highest BCUT2D eigenvalue weighted by Crippen LogP contribution is 2.31. The Morgan fingerprint density at radius 3 is 2.15 bits per heavy atom. The van der Waals surface area contributed by atoms with Crippen LogP contribution in [0.3, 0.4) is 0 Å². The molecule has 2 aromatic rings. The van der Waals surface area contributed by atoms with Crippen molar-refractivity contribution in [2.24, 2.45) is 0 Å². The molecule has 0 N–H and O–H groups in total. The molecule has 1 saturated heterocycles. The van der Waals surface area contributed by atoms with Gasteiger partial charge in [-0.2, -0.15) is 0 Å². The van der Waals surface area contributed by atoms with Gasteiger partial charge in [0.1, 0.15) is 0 Å². The number of amides is 2. The van der Waals surface area contributed by atoms with E-state index in [1.54, 1.807) is 11.8 Å². The highest BCUT2D eigenvalue weighted by molar-refractivity contribution is 8.00. The van der Waals surface area contributed by atoms with Gasteiger partial charge >= 0.3 is 0 Å². The molecule has 0 spiro atoms. The lowest BCUT2D eigenvalue weighted by Crippen LogP contribution is -2.51. The van der Waals surface area contributed by atoms with Crippen molar-refractivity contribution in [3.8, 4) is 0 Å². The fourth-order valence-corrected chi connectivity index (χ4v) is 5.23. The van der Waals surface area contributed by atoms with Gasteiger partial charge in [-0.1, -0.05) is 12.1 Å². The van der Waals surface area contributed by atoms with Crippen LogP contribution in [0.1, 0.15) is 31.9 Å². The second-order valence-corrected chi connectivity index (χ2v) is 8.96. The Labute approximate surface area is 169 Å². The predicted octanol–water partition coefficient (Wildman–Crippen LogP) is 4.06. The van der Waals surface area contributed by atoms with Crippen LogP contribution in [-0.4, -0.2) is 53.5 Å². The van der Waals surface area contributed by atoms with Gasteiger partial charge in [-0.15, -0.1) is 23.1 Å². The number of hydrogen-bond acceptors (Lipinski definition) is 4. The Morgan fingerprint density at radius 1 is 1.00 bits per heavy atom.